The first-order chi connectivity index (χ1) is 5.33. The topological polar surface area (TPSA) is 50.7 Å². The number of nitrogens with zero attached hydrogens (tertiary/aromatic N) is 2. The van der Waals surface area contributed by atoms with Crippen molar-refractivity contribution in [3.63, 3.8) is 0 Å². The number of allylic oxidation sites excluding steroid dienone is 1. The summed E-state index contributed by atoms with van der Waals surface area (Å²) in [6, 6.07) is 0. The zero-order chi connectivity index (χ0) is 8.10. The van der Waals surface area contributed by atoms with E-state index in [9.17, 15) is 0 Å². The Kier molecular flexibility index (Phi) is 2.42. The largest absolute Gasteiger partial charge is 0.392 e. The predicted molar refractivity (Wildman–Crippen MR) is 46.5 cm³/mol. The lowest BCUT2D eigenvalue weighted by atomic mass is 10.4. The van der Waals surface area contributed by atoms with E-state index >= 15 is 0 Å². The highest BCUT2D eigenvalue weighted by molar-refractivity contribution is 5.81. The molecule has 0 spiro atoms. The Bertz CT molecular complexity index is 288. The first kappa shape index (κ1) is 7.51. The summed E-state index contributed by atoms with van der Waals surface area (Å²) in [6.45, 7) is 1.83. The zero-order valence-corrected chi connectivity index (χ0v) is 6.28. The second kappa shape index (κ2) is 3.54. The van der Waals surface area contributed by atoms with Gasteiger partial charge in [0.1, 0.15) is 5.70 Å². The van der Waals surface area contributed by atoms with Crippen LogP contribution in [-0.4, -0.2) is 12.4 Å². The van der Waals surface area contributed by atoms with Crippen LogP contribution < -0.4 is 5.73 Å². The molecule has 11 heavy (non-hydrogen) atoms. The number of nitrogens with two attached hydrogens (primary N) is 1. The molecule has 0 radical (unpaired) electrons. The van der Waals surface area contributed by atoms with Gasteiger partial charge < -0.3 is 5.73 Å². The summed E-state index contributed by atoms with van der Waals surface area (Å²) >= 11 is 0. The third kappa shape index (κ3) is 2.24. The molecule has 0 unspecified atom stereocenters. The summed E-state index contributed by atoms with van der Waals surface area (Å²) in [7, 11) is 0. The van der Waals surface area contributed by atoms with Gasteiger partial charge in [0, 0.05) is 12.4 Å². The summed E-state index contributed by atoms with van der Waals surface area (Å²) in [5.41, 5.74) is 9.55. The van der Waals surface area contributed by atoms with Crippen LogP contribution in [0.4, 0.5) is 0 Å². The van der Waals surface area contributed by atoms with Crippen LogP contribution in [0.25, 0.3) is 0 Å². The van der Waals surface area contributed by atoms with Gasteiger partial charge in [-0.2, -0.15) is 0 Å². The highest BCUT2D eigenvalue weighted by Crippen LogP contribution is 1.97. The molecule has 1 aliphatic heterocycles. The smallest absolute Gasteiger partial charge is 0.125 e. The number of hydrogen-bond acceptors (Lipinski definition) is 3. The van der Waals surface area contributed by atoms with Crippen molar-refractivity contribution in [2.24, 2.45) is 15.7 Å². The SMILES string of the molecule is C/C=N\C1=C=C(N)C=CN=C1. The molecule has 0 aromatic heterocycles. The minimum atomic E-state index is 0.545. The second-order valence-corrected chi connectivity index (χ2v) is 1.95. The van der Waals surface area contributed by atoms with Crippen LogP contribution in [0.2, 0.25) is 0 Å². The average molecular weight is 147 g/mol. The summed E-state index contributed by atoms with van der Waals surface area (Å²) in [5.74, 6) is 0. The van der Waals surface area contributed by atoms with Gasteiger partial charge in [-0.05, 0) is 13.0 Å². The van der Waals surface area contributed by atoms with E-state index in [1.165, 1.54) is 0 Å². The molecule has 0 aromatic rings. The normalized spacial score (nSPS) is 16.5. The van der Waals surface area contributed by atoms with Gasteiger partial charge in [0.15, 0.2) is 0 Å². The van der Waals surface area contributed by atoms with Crippen molar-refractivity contribution in [1.82, 2.24) is 0 Å². The van der Waals surface area contributed by atoms with Crippen molar-refractivity contribution in [3.05, 3.63) is 29.4 Å². The standard InChI is InChI=1S/C8H9N3/c1-2-11-8-5-7(9)3-4-10-6-8/h2-4,6H,9H2,1H3/b11-2-. The van der Waals surface area contributed by atoms with Crippen LogP contribution in [-0.2, 0) is 0 Å². The summed E-state index contributed by atoms with van der Waals surface area (Å²) in [5, 5.41) is 0. The van der Waals surface area contributed by atoms with Crippen LogP contribution in [0.15, 0.2) is 39.4 Å². The fourth-order valence-electron chi connectivity index (χ4n) is 0.663. The molecule has 3 nitrogen and oxygen atoms in total. The highest BCUT2D eigenvalue weighted by Gasteiger charge is 1.88. The van der Waals surface area contributed by atoms with Gasteiger partial charge in [0.05, 0.1) is 11.9 Å². The van der Waals surface area contributed by atoms with Crippen molar-refractivity contribution in [2.45, 2.75) is 6.92 Å². The first-order valence-electron chi connectivity index (χ1n) is 3.27. The van der Waals surface area contributed by atoms with E-state index in [2.05, 4.69) is 15.7 Å². The maximum atomic E-state index is 5.50. The molecule has 0 amide bonds. The zero-order valence-electron chi connectivity index (χ0n) is 6.28. The van der Waals surface area contributed by atoms with Crippen LogP contribution in [0.3, 0.4) is 0 Å². The number of aliphatic imine (C=N–C) groups is 2. The van der Waals surface area contributed by atoms with Crippen molar-refractivity contribution in [3.8, 4) is 0 Å². The van der Waals surface area contributed by atoms with Crippen LogP contribution in [0, 0.1) is 0 Å². The second-order valence-electron chi connectivity index (χ2n) is 1.95. The van der Waals surface area contributed by atoms with E-state index in [-0.39, 0.29) is 0 Å². The van der Waals surface area contributed by atoms with Crippen molar-refractivity contribution < 1.29 is 0 Å². The molecule has 2 N–H and O–H groups in total. The molecule has 0 aliphatic carbocycles. The van der Waals surface area contributed by atoms with Gasteiger partial charge in [-0.25, -0.2) is 0 Å². The fourth-order valence-corrected chi connectivity index (χ4v) is 0.663. The fraction of sp³-hybridized carbons (Fsp3) is 0.125. The molecule has 0 fully saturated rings. The Morgan fingerprint density at radius 1 is 1.73 bits per heavy atom. The third-order valence-electron chi connectivity index (χ3n) is 1.08. The van der Waals surface area contributed by atoms with E-state index in [4.69, 9.17) is 5.73 Å². The first-order valence-corrected chi connectivity index (χ1v) is 3.27. The summed E-state index contributed by atoms with van der Waals surface area (Å²) in [6.07, 6.45) is 6.57. The average Bonchev–Trinajstić information content (AvgIpc) is 2.15. The molecule has 0 aromatic carbocycles. The molecule has 1 rings (SSSR count). The van der Waals surface area contributed by atoms with Crippen molar-refractivity contribution >= 4 is 12.4 Å². The lowest BCUT2D eigenvalue weighted by Gasteiger charge is -1.83. The van der Waals surface area contributed by atoms with E-state index in [0.717, 1.165) is 0 Å². The van der Waals surface area contributed by atoms with Gasteiger partial charge >= 0.3 is 0 Å². The Labute approximate surface area is 65.3 Å². The summed E-state index contributed by atoms with van der Waals surface area (Å²) < 4.78 is 0. The quantitative estimate of drug-likeness (QED) is 0.436. The minimum absolute atomic E-state index is 0.545. The molecule has 3 heteroatoms. The van der Waals surface area contributed by atoms with E-state index in [1.807, 2.05) is 6.92 Å². The van der Waals surface area contributed by atoms with E-state index in [0.29, 0.717) is 11.4 Å². The van der Waals surface area contributed by atoms with E-state index in [1.54, 1.807) is 24.7 Å². The molecule has 0 saturated heterocycles. The maximum absolute atomic E-state index is 5.50. The molecular formula is C8H9N3. The monoisotopic (exact) mass is 147 g/mol. The maximum Gasteiger partial charge on any atom is 0.125 e. The molecule has 0 bridgehead atoms. The van der Waals surface area contributed by atoms with Gasteiger partial charge in [-0.15, -0.1) is 0 Å². The van der Waals surface area contributed by atoms with Crippen LogP contribution >= 0.6 is 0 Å². The molecule has 0 saturated carbocycles. The predicted octanol–water partition coefficient (Wildman–Crippen LogP) is 1.00. The summed E-state index contributed by atoms with van der Waals surface area (Å²) in [4.78, 5) is 7.89. The molecular weight excluding hydrogens is 138 g/mol. The van der Waals surface area contributed by atoms with Crippen LogP contribution in [0.5, 0.6) is 0 Å². The lowest BCUT2D eigenvalue weighted by Crippen LogP contribution is -1.89. The Morgan fingerprint density at radius 2 is 2.55 bits per heavy atom. The van der Waals surface area contributed by atoms with Gasteiger partial charge in [-0.3, -0.25) is 9.98 Å². The van der Waals surface area contributed by atoms with Gasteiger partial charge in [0.25, 0.3) is 0 Å². The highest BCUT2D eigenvalue weighted by atomic mass is 14.8. The molecule has 0 atom stereocenters. The molecule has 1 aliphatic rings. The van der Waals surface area contributed by atoms with Gasteiger partial charge in [0.2, 0.25) is 0 Å². The van der Waals surface area contributed by atoms with Crippen molar-refractivity contribution in [2.75, 3.05) is 0 Å². The third-order valence-corrected chi connectivity index (χ3v) is 1.08. The Morgan fingerprint density at radius 3 is 3.27 bits per heavy atom. The lowest BCUT2D eigenvalue weighted by molar-refractivity contribution is 1.41. The Balaban J connectivity index is 3.03. The Hall–Kier alpha value is -1.60. The number of rotatable bonds is 1. The van der Waals surface area contributed by atoms with Crippen LogP contribution in [0.1, 0.15) is 6.92 Å². The van der Waals surface area contributed by atoms with Crippen molar-refractivity contribution in [1.29, 1.82) is 0 Å². The van der Waals surface area contributed by atoms with Gasteiger partial charge in [-0.1, -0.05) is 5.73 Å². The minimum Gasteiger partial charge on any atom is -0.392 e. The molecule has 56 valence electrons. The number of hydrogen-bond donors (Lipinski definition) is 1. The van der Waals surface area contributed by atoms with E-state index < -0.39 is 0 Å². The molecule has 1 heterocycles.